The fourth-order valence-corrected chi connectivity index (χ4v) is 1.63. The fourth-order valence-electron chi connectivity index (χ4n) is 1.63. The molecule has 68 valence electrons. The van der Waals surface area contributed by atoms with Gasteiger partial charge in [-0.3, -0.25) is 4.79 Å². The molecule has 12 heavy (non-hydrogen) atoms. The van der Waals surface area contributed by atoms with Crippen LogP contribution in [0.5, 0.6) is 0 Å². The van der Waals surface area contributed by atoms with Crippen LogP contribution in [0.3, 0.4) is 0 Å². The molecule has 0 bridgehead atoms. The lowest BCUT2D eigenvalue weighted by Gasteiger charge is -2.15. The van der Waals surface area contributed by atoms with Gasteiger partial charge in [0.2, 0.25) is 5.91 Å². The molecule has 1 saturated carbocycles. The highest BCUT2D eigenvalue weighted by molar-refractivity contribution is 5.78. The van der Waals surface area contributed by atoms with Crippen LogP contribution < -0.4 is 11.1 Å². The highest BCUT2D eigenvalue weighted by Gasteiger charge is 2.32. The number of carboxylic acid groups (broad SMARTS) is 1. The summed E-state index contributed by atoms with van der Waals surface area (Å²) in [6.07, 6.45) is 1.17. The molecule has 1 rings (SSSR count). The van der Waals surface area contributed by atoms with Crippen LogP contribution in [-0.4, -0.2) is 23.1 Å². The van der Waals surface area contributed by atoms with Crippen LogP contribution in [0.4, 0.5) is 4.79 Å². The van der Waals surface area contributed by atoms with Crippen molar-refractivity contribution in [1.82, 2.24) is 5.32 Å². The van der Waals surface area contributed by atoms with Gasteiger partial charge in [-0.1, -0.05) is 6.42 Å². The maximum Gasteiger partial charge on any atom is 0.404 e. The fraction of sp³-hybridized carbons (Fsp3) is 0.714. The van der Waals surface area contributed by atoms with E-state index in [2.05, 4.69) is 5.32 Å². The molecule has 0 saturated heterocycles. The zero-order valence-corrected chi connectivity index (χ0v) is 6.62. The van der Waals surface area contributed by atoms with Crippen molar-refractivity contribution in [3.8, 4) is 0 Å². The molecule has 2 atom stereocenters. The van der Waals surface area contributed by atoms with E-state index in [-0.39, 0.29) is 12.0 Å². The van der Waals surface area contributed by atoms with Crippen LogP contribution in [0.2, 0.25) is 0 Å². The molecular weight excluding hydrogens is 160 g/mol. The summed E-state index contributed by atoms with van der Waals surface area (Å²) in [5.41, 5.74) is 5.09. The zero-order chi connectivity index (χ0) is 9.14. The van der Waals surface area contributed by atoms with Crippen LogP contribution in [0, 0.1) is 5.92 Å². The van der Waals surface area contributed by atoms with Gasteiger partial charge in [0.25, 0.3) is 0 Å². The van der Waals surface area contributed by atoms with Gasteiger partial charge < -0.3 is 16.2 Å². The van der Waals surface area contributed by atoms with Crippen LogP contribution in [0.1, 0.15) is 19.3 Å². The number of amides is 2. The number of hydrogen-bond donors (Lipinski definition) is 3. The van der Waals surface area contributed by atoms with E-state index in [0.717, 1.165) is 6.42 Å². The van der Waals surface area contributed by atoms with Crippen molar-refractivity contribution in [1.29, 1.82) is 0 Å². The van der Waals surface area contributed by atoms with Crippen molar-refractivity contribution in [2.45, 2.75) is 25.3 Å². The van der Waals surface area contributed by atoms with Gasteiger partial charge in [-0.05, 0) is 12.8 Å². The minimum Gasteiger partial charge on any atom is -0.465 e. The quantitative estimate of drug-likeness (QED) is 0.543. The molecule has 4 N–H and O–H groups in total. The van der Waals surface area contributed by atoms with E-state index in [9.17, 15) is 9.59 Å². The van der Waals surface area contributed by atoms with Gasteiger partial charge in [0, 0.05) is 6.04 Å². The van der Waals surface area contributed by atoms with Crippen molar-refractivity contribution in [2.75, 3.05) is 0 Å². The van der Waals surface area contributed by atoms with E-state index >= 15 is 0 Å². The molecule has 0 heterocycles. The second-order valence-electron chi connectivity index (χ2n) is 3.00. The van der Waals surface area contributed by atoms with Crippen molar-refractivity contribution < 1.29 is 14.7 Å². The van der Waals surface area contributed by atoms with Crippen molar-refractivity contribution in [3.63, 3.8) is 0 Å². The SMILES string of the molecule is NC(=O)[C@@H]1CCC[C@@H]1NC(=O)O. The van der Waals surface area contributed by atoms with Gasteiger partial charge in [-0.2, -0.15) is 0 Å². The number of hydrogen-bond acceptors (Lipinski definition) is 2. The Hall–Kier alpha value is -1.26. The van der Waals surface area contributed by atoms with E-state index in [4.69, 9.17) is 10.8 Å². The lowest BCUT2D eigenvalue weighted by Crippen LogP contribution is -2.41. The average molecular weight is 172 g/mol. The first-order valence-electron chi connectivity index (χ1n) is 3.90. The number of rotatable bonds is 2. The number of nitrogens with one attached hydrogen (secondary N) is 1. The molecule has 0 unspecified atom stereocenters. The summed E-state index contributed by atoms with van der Waals surface area (Å²) >= 11 is 0. The predicted molar refractivity (Wildman–Crippen MR) is 41.5 cm³/mol. The standard InChI is InChI=1S/C7H12N2O3/c8-6(10)4-2-1-3-5(4)9-7(11)12/h4-5,9H,1-3H2,(H2,8,10)(H,11,12)/t4-,5+/m1/s1. The third kappa shape index (κ3) is 1.87. The zero-order valence-electron chi connectivity index (χ0n) is 6.62. The van der Waals surface area contributed by atoms with E-state index in [1.165, 1.54) is 0 Å². The van der Waals surface area contributed by atoms with Crippen molar-refractivity contribution in [3.05, 3.63) is 0 Å². The first-order chi connectivity index (χ1) is 5.61. The molecule has 1 aliphatic carbocycles. The van der Waals surface area contributed by atoms with Crippen molar-refractivity contribution in [2.24, 2.45) is 11.7 Å². The maximum absolute atomic E-state index is 10.8. The Morgan fingerprint density at radius 2 is 2.08 bits per heavy atom. The number of carbonyl (C=O) groups excluding carboxylic acids is 1. The monoisotopic (exact) mass is 172 g/mol. The van der Waals surface area contributed by atoms with Gasteiger partial charge in [0.05, 0.1) is 5.92 Å². The summed E-state index contributed by atoms with van der Waals surface area (Å²) in [5.74, 6) is -0.729. The lowest BCUT2D eigenvalue weighted by molar-refractivity contribution is -0.122. The average Bonchev–Trinajstić information content (AvgIpc) is 2.33. The molecule has 5 heteroatoms. The van der Waals surface area contributed by atoms with Crippen LogP contribution in [0.15, 0.2) is 0 Å². The Labute approximate surface area is 69.9 Å². The molecule has 1 aliphatic rings. The molecule has 1 fully saturated rings. The summed E-state index contributed by atoms with van der Waals surface area (Å²) < 4.78 is 0. The van der Waals surface area contributed by atoms with Gasteiger partial charge in [0.15, 0.2) is 0 Å². The molecule has 0 aromatic heterocycles. The lowest BCUT2D eigenvalue weighted by atomic mass is 10.0. The normalized spacial score (nSPS) is 28.3. The predicted octanol–water partition coefficient (Wildman–Crippen LogP) is -0.0920. The molecule has 0 aromatic rings. The second kappa shape index (κ2) is 3.42. The topological polar surface area (TPSA) is 92.4 Å². The Morgan fingerprint density at radius 3 is 2.58 bits per heavy atom. The van der Waals surface area contributed by atoms with E-state index < -0.39 is 12.0 Å². The van der Waals surface area contributed by atoms with Gasteiger partial charge in [-0.25, -0.2) is 4.79 Å². The minimum absolute atomic E-state index is 0.278. The molecule has 0 aromatic carbocycles. The summed E-state index contributed by atoms with van der Waals surface area (Å²) in [7, 11) is 0. The molecule has 5 nitrogen and oxygen atoms in total. The van der Waals surface area contributed by atoms with E-state index in [0.29, 0.717) is 12.8 Å². The smallest absolute Gasteiger partial charge is 0.404 e. The first kappa shape index (κ1) is 8.83. The largest absolute Gasteiger partial charge is 0.465 e. The van der Waals surface area contributed by atoms with Crippen LogP contribution in [-0.2, 0) is 4.79 Å². The number of primary amides is 1. The van der Waals surface area contributed by atoms with Crippen LogP contribution in [0.25, 0.3) is 0 Å². The van der Waals surface area contributed by atoms with Gasteiger partial charge >= 0.3 is 6.09 Å². The molecule has 0 aliphatic heterocycles. The summed E-state index contributed by atoms with van der Waals surface area (Å²) in [6, 6.07) is -0.278. The Bertz CT molecular complexity index is 205. The third-order valence-corrected chi connectivity index (χ3v) is 2.19. The third-order valence-electron chi connectivity index (χ3n) is 2.19. The number of nitrogens with two attached hydrogens (primary N) is 1. The molecule has 0 radical (unpaired) electrons. The van der Waals surface area contributed by atoms with Crippen LogP contribution >= 0.6 is 0 Å². The van der Waals surface area contributed by atoms with Crippen molar-refractivity contribution >= 4 is 12.0 Å². The highest BCUT2D eigenvalue weighted by atomic mass is 16.4. The Balaban J connectivity index is 2.52. The molecular formula is C7H12N2O3. The van der Waals surface area contributed by atoms with E-state index in [1.54, 1.807) is 0 Å². The van der Waals surface area contributed by atoms with E-state index in [1.807, 2.05) is 0 Å². The maximum atomic E-state index is 10.8. The van der Waals surface area contributed by atoms with Gasteiger partial charge in [0.1, 0.15) is 0 Å². The Morgan fingerprint density at radius 1 is 1.42 bits per heavy atom. The summed E-state index contributed by atoms with van der Waals surface area (Å²) in [6.45, 7) is 0. The Kier molecular flexibility index (Phi) is 2.52. The summed E-state index contributed by atoms with van der Waals surface area (Å²) in [4.78, 5) is 21.0. The highest BCUT2D eigenvalue weighted by Crippen LogP contribution is 2.24. The number of carbonyl (C=O) groups is 2. The van der Waals surface area contributed by atoms with Gasteiger partial charge in [-0.15, -0.1) is 0 Å². The minimum atomic E-state index is -1.09. The second-order valence-corrected chi connectivity index (χ2v) is 3.00. The molecule has 0 spiro atoms. The first-order valence-corrected chi connectivity index (χ1v) is 3.90. The molecule has 2 amide bonds. The summed E-state index contributed by atoms with van der Waals surface area (Å²) in [5, 5.41) is 10.7.